The summed E-state index contributed by atoms with van der Waals surface area (Å²) in [5.74, 6) is 0.751. The molecule has 0 aromatic carbocycles. The molecule has 1 aliphatic heterocycles. The predicted molar refractivity (Wildman–Crippen MR) is 82.9 cm³/mol. The Morgan fingerprint density at radius 2 is 2.17 bits per heavy atom. The molecular weight excluding hydrogens is 301 g/mol. The molecule has 1 aliphatic rings. The molecule has 3 rings (SSSR count). The Morgan fingerprint density at radius 3 is 2.91 bits per heavy atom. The van der Waals surface area contributed by atoms with Gasteiger partial charge in [-0.1, -0.05) is 0 Å². The second-order valence-electron chi connectivity index (χ2n) is 5.26. The maximum absolute atomic E-state index is 13.9. The van der Waals surface area contributed by atoms with Crippen LogP contribution in [0.3, 0.4) is 0 Å². The third-order valence-corrected chi connectivity index (χ3v) is 3.66. The van der Waals surface area contributed by atoms with E-state index in [0.717, 1.165) is 25.9 Å². The lowest BCUT2D eigenvalue weighted by molar-refractivity contribution is 0.0934. The van der Waals surface area contributed by atoms with E-state index < -0.39 is 5.82 Å². The van der Waals surface area contributed by atoms with Crippen molar-refractivity contribution in [3.8, 4) is 0 Å². The molecule has 0 radical (unpaired) electrons. The van der Waals surface area contributed by atoms with Gasteiger partial charge in [0.05, 0.1) is 12.7 Å². The van der Waals surface area contributed by atoms with Gasteiger partial charge in [0, 0.05) is 20.1 Å². The summed E-state index contributed by atoms with van der Waals surface area (Å²) in [7, 11) is 1.54. The third kappa shape index (κ3) is 3.41. The Labute approximate surface area is 132 Å². The van der Waals surface area contributed by atoms with E-state index in [-0.39, 0.29) is 11.7 Å². The first-order chi connectivity index (χ1) is 11.2. The zero-order chi connectivity index (χ0) is 16.2. The molecule has 1 amide bonds. The van der Waals surface area contributed by atoms with Crippen LogP contribution in [0.1, 0.15) is 29.2 Å². The van der Waals surface area contributed by atoms with Crippen LogP contribution < -0.4 is 15.5 Å². The Balaban J connectivity index is 1.67. The summed E-state index contributed by atoms with van der Waals surface area (Å²) in [5.41, 5.74) is 0. The fraction of sp³-hybridized carbons (Fsp3) is 0.400. The summed E-state index contributed by atoms with van der Waals surface area (Å²) in [6.07, 6.45) is 3.25. The lowest BCUT2D eigenvalue weighted by Crippen LogP contribution is -2.21. The molecule has 23 heavy (non-hydrogen) atoms. The number of nitrogens with one attached hydrogen (secondary N) is 2. The van der Waals surface area contributed by atoms with Gasteiger partial charge in [-0.2, -0.15) is 4.98 Å². The van der Waals surface area contributed by atoms with Crippen LogP contribution >= 0.6 is 0 Å². The van der Waals surface area contributed by atoms with Gasteiger partial charge >= 0.3 is 0 Å². The number of aromatic nitrogens is 2. The summed E-state index contributed by atoms with van der Waals surface area (Å²) in [5, 5.41) is 5.47. The number of amides is 1. The van der Waals surface area contributed by atoms with Crippen molar-refractivity contribution in [1.29, 1.82) is 0 Å². The molecule has 8 heteroatoms. The number of carbonyl (C=O) groups is 1. The first-order valence-electron chi connectivity index (χ1n) is 7.49. The van der Waals surface area contributed by atoms with E-state index in [2.05, 4.69) is 20.6 Å². The summed E-state index contributed by atoms with van der Waals surface area (Å²) in [6.45, 7) is 1.92. The number of carbonyl (C=O) groups excluding carboxylic acids is 1. The first kappa shape index (κ1) is 15.3. The Hall–Kier alpha value is -2.64. The molecule has 1 fully saturated rings. The molecule has 0 spiro atoms. The van der Waals surface area contributed by atoms with Crippen molar-refractivity contribution in [2.24, 2.45) is 0 Å². The minimum Gasteiger partial charge on any atom is -0.454 e. The Morgan fingerprint density at radius 1 is 1.39 bits per heavy atom. The van der Waals surface area contributed by atoms with Crippen LogP contribution in [-0.4, -0.2) is 36.0 Å². The summed E-state index contributed by atoms with van der Waals surface area (Å²) < 4.78 is 19.3. The molecule has 2 aromatic rings. The van der Waals surface area contributed by atoms with Gasteiger partial charge in [-0.25, -0.2) is 9.37 Å². The highest BCUT2D eigenvalue weighted by molar-refractivity contribution is 5.91. The van der Waals surface area contributed by atoms with Crippen LogP contribution in [0, 0.1) is 5.82 Å². The number of hydrogen-bond donors (Lipinski definition) is 2. The third-order valence-electron chi connectivity index (χ3n) is 3.66. The Bertz CT molecular complexity index is 697. The smallest absolute Gasteiger partial charge is 0.286 e. The van der Waals surface area contributed by atoms with E-state index >= 15 is 0 Å². The van der Waals surface area contributed by atoms with E-state index in [0.29, 0.717) is 24.1 Å². The number of hydrogen-bond acceptors (Lipinski definition) is 6. The molecule has 2 aromatic heterocycles. The van der Waals surface area contributed by atoms with Gasteiger partial charge in [-0.3, -0.25) is 4.79 Å². The minimum atomic E-state index is -0.419. The molecule has 2 N–H and O–H groups in total. The van der Waals surface area contributed by atoms with Crippen LogP contribution in [0.5, 0.6) is 0 Å². The van der Waals surface area contributed by atoms with Crippen molar-refractivity contribution in [2.75, 3.05) is 30.4 Å². The second kappa shape index (κ2) is 6.64. The first-order valence-corrected chi connectivity index (χ1v) is 7.49. The van der Waals surface area contributed by atoms with E-state index in [1.54, 1.807) is 12.1 Å². The highest BCUT2D eigenvalue weighted by Crippen LogP contribution is 2.22. The quantitative estimate of drug-likeness (QED) is 0.874. The second-order valence-corrected chi connectivity index (χ2v) is 5.26. The average Bonchev–Trinajstić information content (AvgIpc) is 3.25. The molecule has 0 bridgehead atoms. The molecule has 0 atom stereocenters. The molecule has 3 heterocycles. The fourth-order valence-electron chi connectivity index (χ4n) is 2.48. The molecule has 0 unspecified atom stereocenters. The topological polar surface area (TPSA) is 83.3 Å². The summed E-state index contributed by atoms with van der Waals surface area (Å²) in [6, 6.07) is 3.29. The van der Waals surface area contributed by atoms with Gasteiger partial charge in [-0.05, 0) is 25.0 Å². The van der Waals surface area contributed by atoms with Crippen LogP contribution in [0.15, 0.2) is 22.7 Å². The zero-order valence-electron chi connectivity index (χ0n) is 12.8. The van der Waals surface area contributed by atoms with Gasteiger partial charge in [0.2, 0.25) is 5.95 Å². The van der Waals surface area contributed by atoms with Gasteiger partial charge in [0.1, 0.15) is 5.76 Å². The van der Waals surface area contributed by atoms with Gasteiger partial charge in [0.15, 0.2) is 17.4 Å². The van der Waals surface area contributed by atoms with Crippen LogP contribution in [0.25, 0.3) is 0 Å². The lowest BCUT2D eigenvalue weighted by Gasteiger charge is -2.17. The number of rotatable bonds is 5. The number of nitrogens with zero attached hydrogens (tertiary/aromatic N) is 3. The van der Waals surface area contributed by atoms with E-state index in [1.807, 2.05) is 4.90 Å². The SMILES string of the molecule is CNC(=O)c1ccc(CNc2ncc(F)c(N3CCCC3)n2)o1. The van der Waals surface area contributed by atoms with Gasteiger partial charge in [-0.15, -0.1) is 0 Å². The van der Waals surface area contributed by atoms with E-state index in [1.165, 1.54) is 13.2 Å². The molecule has 0 saturated carbocycles. The highest BCUT2D eigenvalue weighted by Gasteiger charge is 2.18. The van der Waals surface area contributed by atoms with Crippen molar-refractivity contribution < 1.29 is 13.6 Å². The van der Waals surface area contributed by atoms with Gasteiger partial charge in [0.25, 0.3) is 5.91 Å². The number of anilines is 2. The fourth-order valence-corrected chi connectivity index (χ4v) is 2.48. The van der Waals surface area contributed by atoms with Crippen molar-refractivity contribution in [3.63, 3.8) is 0 Å². The van der Waals surface area contributed by atoms with Crippen LogP contribution in [0.2, 0.25) is 0 Å². The maximum atomic E-state index is 13.9. The molecule has 0 aliphatic carbocycles. The van der Waals surface area contributed by atoms with Crippen LogP contribution in [-0.2, 0) is 6.54 Å². The standard InChI is InChI=1S/C15H18FN5O2/c1-17-14(22)12-5-4-10(23-12)8-18-15-19-9-11(16)13(20-15)21-6-2-3-7-21/h4-5,9H,2-3,6-8H2,1H3,(H,17,22)(H,18,19,20). The zero-order valence-corrected chi connectivity index (χ0v) is 12.8. The average molecular weight is 319 g/mol. The lowest BCUT2D eigenvalue weighted by atomic mass is 10.4. The maximum Gasteiger partial charge on any atom is 0.286 e. The van der Waals surface area contributed by atoms with Crippen molar-refractivity contribution in [2.45, 2.75) is 19.4 Å². The minimum absolute atomic E-state index is 0.238. The Kier molecular flexibility index (Phi) is 4.40. The van der Waals surface area contributed by atoms with Crippen LogP contribution in [0.4, 0.5) is 16.2 Å². The van der Waals surface area contributed by atoms with E-state index in [9.17, 15) is 9.18 Å². The van der Waals surface area contributed by atoms with Crippen molar-refractivity contribution >= 4 is 17.7 Å². The summed E-state index contributed by atoms with van der Waals surface area (Å²) in [4.78, 5) is 21.5. The molecule has 1 saturated heterocycles. The largest absolute Gasteiger partial charge is 0.454 e. The normalized spacial score (nSPS) is 14.1. The monoisotopic (exact) mass is 319 g/mol. The molecule has 7 nitrogen and oxygen atoms in total. The van der Waals surface area contributed by atoms with Crippen molar-refractivity contribution in [1.82, 2.24) is 15.3 Å². The molecule has 122 valence electrons. The number of halogens is 1. The molecular formula is C15H18FN5O2. The highest BCUT2D eigenvalue weighted by atomic mass is 19.1. The van der Waals surface area contributed by atoms with Crippen molar-refractivity contribution in [3.05, 3.63) is 35.7 Å². The van der Waals surface area contributed by atoms with E-state index in [4.69, 9.17) is 4.42 Å². The van der Waals surface area contributed by atoms with Gasteiger partial charge < -0.3 is 20.0 Å². The predicted octanol–water partition coefficient (Wildman–Crippen LogP) is 1.78. The summed E-state index contributed by atoms with van der Waals surface area (Å²) >= 11 is 0. The number of furan rings is 1.